The van der Waals surface area contributed by atoms with E-state index in [0.29, 0.717) is 11.6 Å². The van der Waals surface area contributed by atoms with Gasteiger partial charge in [0.1, 0.15) is 6.04 Å². The van der Waals surface area contributed by atoms with E-state index in [1.165, 1.54) is 29.8 Å². The van der Waals surface area contributed by atoms with Gasteiger partial charge in [0.05, 0.1) is 4.92 Å². The Bertz CT molecular complexity index is 684. The summed E-state index contributed by atoms with van der Waals surface area (Å²) in [5.74, 6) is 0.255. The van der Waals surface area contributed by atoms with E-state index in [1.807, 2.05) is 23.5 Å². The highest BCUT2D eigenvalue weighted by Crippen LogP contribution is 2.17. The fourth-order valence-corrected chi connectivity index (χ4v) is 2.58. The predicted octanol–water partition coefficient (Wildman–Crippen LogP) is 2.49. The van der Waals surface area contributed by atoms with Crippen molar-refractivity contribution in [2.75, 3.05) is 11.9 Å². The molecule has 0 bridgehead atoms. The van der Waals surface area contributed by atoms with Gasteiger partial charge >= 0.3 is 0 Å². The van der Waals surface area contributed by atoms with Crippen LogP contribution in [0.1, 0.15) is 25.5 Å². The largest absolute Gasteiger partial charge is 0.332 e. The molecule has 1 amide bonds. The van der Waals surface area contributed by atoms with Gasteiger partial charge in [-0.3, -0.25) is 14.9 Å². The highest BCUT2D eigenvalue weighted by molar-refractivity contribution is 5.91. The third kappa shape index (κ3) is 4.89. The maximum Gasteiger partial charge on any atom is 0.279 e. The van der Waals surface area contributed by atoms with Crippen LogP contribution < -0.4 is 10.6 Å². The molecule has 1 atom stereocenters. The van der Waals surface area contributed by atoms with Crippen molar-refractivity contribution in [3.8, 4) is 0 Å². The Labute approximate surface area is 141 Å². The van der Waals surface area contributed by atoms with Crippen molar-refractivity contribution in [2.45, 2.75) is 19.9 Å². The van der Waals surface area contributed by atoms with Gasteiger partial charge in [-0.2, -0.15) is 0 Å². The van der Waals surface area contributed by atoms with Gasteiger partial charge in [-0.05, 0) is 12.1 Å². The molecule has 2 aromatic rings. The summed E-state index contributed by atoms with van der Waals surface area (Å²) in [6, 6.07) is 16.1. The first-order chi connectivity index (χ1) is 11.5. The number of carbonyl (C=O) groups excluding carboxylic acids is 1. The molecule has 0 fully saturated rings. The van der Waals surface area contributed by atoms with E-state index >= 15 is 0 Å². The molecular formula is C18H22N3O3+. The van der Waals surface area contributed by atoms with Gasteiger partial charge in [0.15, 0.2) is 6.54 Å². The molecule has 3 N–H and O–H groups in total. The number of nitrogens with two attached hydrogens (primary N) is 1. The van der Waals surface area contributed by atoms with Crippen LogP contribution >= 0.6 is 0 Å². The maximum absolute atomic E-state index is 12.1. The van der Waals surface area contributed by atoms with Crippen LogP contribution in [0, 0.1) is 16.0 Å². The third-order valence-electron chi connectivity index (χ3n) is 3.82. The van der Waals surface area contributed by atoms with Crippen molar-refractivity contribution in [1.82, 2.24) is 0 Å². The SMILES string of the molecule is CC(C)[C@H]([NH2+]CC(=O)Nc1ccc([N+](=O)[O-])cc1)c1ccccc1. The number of nitro groups is 1. The van der Waals surface area contributed by atoms with Gasteiger partial charge in [0, 0.05) is 29.3 Å². The number of anilines is 1. The zero-order valence-electron chi connectivity index (χ0n) is 13.8. The van der Waals surface area contributed by atoms with Gasteiger partial charge in [-0.25, -0.2) is 0 Å². The van der Waals surface area contributed by atoms with Crippen LogP contribution in [0.4, 0.5) is 11.4 Å². The Balaban J connectivity index is 1.92. The highest BCUT2D eigenvalue weighted by Gasteiger charge is 2.20. The number of hydrogen-bond donors (Lipinski definition) is 2. The molecule has 0 aliphatic rings. The van der Waals surface area contributed by atoms with Gasteiger partial charge in [0.2, 0.25) is 0 Å². The monoisotopic (exact) mass is 328 g/mol. The number of nitrogens with one attached hydrogen (secondary N) is 1. The molecule has 6 nitrogen and oxygen atoms in total. The minimum absolute atomic E-state index is 0.00325. The van der Waals surface area contributed by atoms with Gasteiger partial charge in [-0.15, -0.1) is 0 Å². The first kappa shape index (κ1) is 17.6. The molecule has 2 rings (SSSR count). The second-order valence-corrected chi connectivity index (χ2v) is 5.97. The lowest BCUT2D eigenvalue weighted by atomic mass is 9.96. The summed E-state index contributed by atoms with van der Waals surface area (Å²) < 4.78 is 0. The number of nitro benzene ring substituents is 1. The molecule has 0 aliphatic heterocycles. The Morgan fingerprint density at radius 1 is 1.12 bits per heavy atom. The molecular weight excluding hydrogens is 306 g/mol. The maximum atomic E-state index is 12.1. The van der Waals surface area contributed by atoms with E-state index in [2.05, 4.69) is 31.3 Å². The second-order valence-electron chi connectivity index (χ2n) is 5.97. The summed E-state index contributed by atoms with van der Waals surface area (Å²) >= 11 is 0. The summed E-state index contributed by atoms with van der Waals surface area (Å²) in [5.41, 5.74) is 1.75. The van der Waals surface area contributed by atoms with E-state index in [1.54, 1.807) is 0 Å². The quantitative estimate of drug-likeness (QED) is 0.604. The zero-order chi connectivity index (χ0) is 17.5. The van der Waals surface area contributed by atoms with E-state index < -0.39 is 4.92 Å². The molecule has 0 saturated carbocycles. The highest BCUT2D eigenvalue weighted by atomic mass is 16.6. The number of non-ortho nitro benzene ring substituents is 1. The predicted molar refractivity (Wildman–Crippen MR) is 92.5 cm³/mol. The standard InChI is InChI=1S/C18H21N3O3/c1-13(2)18(14-6-4-3-5-7-14)19-12-17(22)20-15-8-10-16(11-9-15)21(23)24/h3-11,13,18-19H,12H2,1-2H3,(H,20,22)/p+1/t18-/m0/s1. The summed E-state index contributed by atoms with van der Waals surface area (Å²) in [6.45, 7) is 4.54. The van der Waals surface area contributed by atoms with Crippen LogP contribution in [0.15, 0.2) is 54.6 Å². The molecule has 0 aromatic heterocycles. The van der Waals surface area contributed by atoms with Gasteiger partial charge < -0.3 is 10.6 Å². The number of hydrogen-bond acceptors (Lipinski definition) is 3. The molecule has 24 heavy (non-hydrogen) atoms. The lowest BCUT2D eigenvalue weighted by Crippen LogP contribution is -2.88. The van der Waals surface area contributed by atoms with Crippen LogP contribution in [-0.2, 0) is 4.79 Å². The molecule has 126 valence electrons. The van der Waals surface area contributed by atoms with Crippen LogP contribution in [0.2, 0.25) is 0 Å². The molecule has 0 saturated heterocycles. The fourth-order valence-electron chi connectivity index (χ4n) is 2.58. The number of rotatable bonds is 7. The summed E-state index contributed by atoms with van der Waals surface area (Å²) in [7, 11) is 0. The van der Waals surface area contributed by atoms with E-state index in [0.717, 1.165) is 0 Å². The Hall–Kier alpha value is -2.73. The van der Waals surface area contributed by atoms with E-state index in [-0.39, 0.29) is 24.2 Å². The van der Waals surface area contributed by atoms with Crippen molar-refractivity contribution < 1.29 is 15.0 Å². The summed E-state index contributed by atoms with van der Waals surface area (Å²) in [6.07, 6.45) is 0. The number of benzene rings is 2. The summed E-state index contributed by atoms with van der Waals surface area (Å²) in [5, 5.41) is 15.4. The topological polar surface area (TPSA) is 88.8 Å². The van der Waals surface area contributed by atoms with Crippen molar-refractivity contribution >= 4 is 17.3 Å². The van der Waals surface area contributed by atoms with Gasteiger partial charge in [-0.1, -0.05) is 44.2 Å². The van der Waals surface area contributed by atoms with E-state index in [4.69, 9.17) is 0 Å². The first-order valence-electron chi connectivity index (χ1n) is 7.90. The van der Waals surface area contributed by atoms with Crippen LogP contribution in [0.5, 0.6) is 0 Å². The number of amides is 1. The Morgan fingerprint density at radius 3 is 2.29 bits per heavy atom. The van der Waals surface area contributed by atoms with Crippen LogP contribution in [0.3, 0.4) is 0 Å². The fraction of sp³-hybridized carbons (Fsp3) is 0.278. The van der Waals surface area contributed by atoms with Crippen LogP contribution in [-0.4, -0.2) is 17.4 Å². The average molecular weight is 328 g/mol. The molecule has 6 heteroatoms. The molecule has 0 spiro atoms. The molecule has 0 aliphatic carbocycles. The second kappa shape index (κ2) is 8.21. The lowest BCUT2D eigenvalue weighted by molar-refractivity contribution is -0.692. The molecule has 0 heterocycles. The number of quaternary nitrogens is 1. The number of carbonyl (C=O) groups is 1. The molecule has 0 radical (unpaired) electrons. The Kier molecular flexibility index (Phi) is 6.03. The van der Waals surface area contributed by atoms with Crippen molar-refractivity contribution in [3.63, 3.8) is 0 Å². The van der Waals surface area contributed by atoms with Crippen molar-refractivity contribution in [1.29, 1.82) is 0 Å². The van der Waals surface area contributed by atoms with Crippen LogP contribution in [0.25, 0.3) is 0 Å². The Morgan fingerprint density at radius 2 is 1.75 bits per heavy atom. The first-order valence-corrected chi connectivity index (χ1v) is 7.90. The zero-order valence-corrected chi connectivity index (χ0v) is 13.8. The van der Waals surface area contributed by atoms with Gasteiger partial charge in [0.25, 0.3) is 11.6 Å². The van der Waals surface area contributed by atoms with Crippen molar-refractivity contribution in [2.24, 2.45) is 5.92 Å². The third-order valence-corrected chi connectivity index (χ3v) is 3.82. The lowest BCUT2D eigenvalue weighted by Gasteiger charge is -2.19. The minimum atomic E-state index is -0.466. The summed E-state index contributed by atoms with van der Waals surface area (Å²) in [4.78, 5) is 22.3. The molecule has 2 aromatic carbocycles. The van der Waals surface area contributed by atoms with Crippen molar-refractivity contribution in [3.05, 3.63) is 70.3 Å². The average Bonchev–Trinajstić information content (AvgIpc) is 2.56. The minimum Gasteiger partial charge on any atom is -0.332 e. The van der Waals surface area contributed by atoms with E-state index in [9.17, 15) is 14.9 Å². The normalized spacial score (nSPS) is 12.0. The number of nitrogens with zero attached hydrogens (tertiary/aromatic N) is 1. The molecule has 0 unspecified atom stereocenters. The smallest absolute Gasteiger partial charge is 0.279 e.